The summed E-state index contributed by atoms with van der Waals surface area (Å²) in [5.74, 6) is 0.440. The number of carbonyl (C=O) groups excluding carboxylic acids is 1. The Morgan fingerprint density at radius 1 is 1.12 bits per heavy atom. The lowest BCUT2D eigenvalue weighted by atomic mass is 10.1. The molecule has 0 spiro atoms. The molecule has 0 aliphatic heterocycles. The number of fused-ring (bicyclic) bond motifs is 1. The number of rotatable bonds is 6. The first kappa shape index (κ1) is 21.9. The van der Waals surface area contributed by atoms with Gasteiger partial charge in [0.1, 0.15) is 10.7 Å². The van der Waals surface area contributed by atoms with E-state index < -0.39 is 0 Å². The molecular formula is C25H26N4O2S. The minimum atomic E-state index is -0.158. The van der Waals surface area contributed by atoms with E-state index in [0.717, 1.165) is 27.9 Å². The van der Waals surface area contributed by atoms with Crippen LogP contribution in [0.4, 0.5) is 5.69 Å². The number of hydrogen-bond donors (Lipinski definition) is 2. The SMILES string of the molecule is Cc1cc(C)c(NC(=O)CN(C)Cc2nc3scc(-c4ccccc4)c3c(=O)[nH]2)c(C)c1. The zero-order valence-corrected chi connectivity index (χ0v) is 19.5. The first-order valence-corrected chi connectivity index (χ1v) is 11.3. The smallest absolute Gasteiger partial charge is 0.260 e. The number of aromatic nitrogens is 2. The summed E-state index contributed by atoms with van der Waals surface area (Å²) in [7, 11) is 1.84. The largest absolute Gasteiger partial charge is 0.324 e. The number of hydrogen-bond acceptors (Lipinski definition) is 5. The summed E-state index contributed by atoms with van der Waals surface area (Å²) in [6.07, 6.45) is 0. The van der Waals surface area contributed by atoms with E-state index in [1.54, 1.807) is 0 Å². The number of nitrogens with zero attached hydrogens (tertiary/aromatic N) is 2. The van der Waals surface area contributed by atoms with Crippen LogP contribution in [0.25, 0.3) is 21.3 Å². The third-order valence-corrected chi connectivity index (χ3v) is 6.22. The molecular weight excluding hydrogens is 420 g/mol. The van der Waals surface area contributed by atoms with Crippen molar-refractivity contribution in [3.63, 3.8) is 0 Å². The second kappa shape index (κ2) is 9.06. The Morgan fingerprint density at radius 2 is 1.81 bits per heavy atom. The van der Waals surface area contributed by atoms with Crippen LogP contribution >= 0.6 is 11.3 Å². The van der Waals surface area contributed by atoms with Crippen molar-refractivity contribution in [3.05, 3.63) is 80.7 Å². The molecule has 32 heavy (non-hydrogen) atoms. The van der Waals surface area contributed by atoms with Gasteiger partial charge < -0.3 is 10.3 Å². The average molecular weight is 447 g/mol. The molecule has 0 aliphatic carbocycles. The van der Waals surface area contributed by atoms with E-state index in [-0.39, 0.29) is 18.0 Å². The van der Waals surface area contributed by atoms with Crippen molar-refractivity contribution in [2.24, 2.45) is 0 Å². The van der Waals surface area contributed by atoms with Gasteiger partial charge in [-0.15, -0.1) is 11.3 Å². The topological polar surface area (TPSA) is 78.1 Å². The molecule has 1 amide bonds. The van der Waals surface area contributed by atoms with Gasteiger partial charge >= 0.3 is 0 Å². The van der Waals surface area contributed by atoms with Crippen LogP contribution in [-0.4, -0.2) is 34.4 Å². The maximum absolute atomic E-state index is 12.8. The van der Waals surface area contributed by atoms with Crippen molar-refractivity contribution < 1.29 is 4.79 Å². The summed E-state index contributed by atoms with van der Waals surface area (Å²) in [4.78, 5) is 35.5. The highest BCUT2D eigenvalue weighted by Gasteiger charge is 2.15. The van der Waals surface area contributed by atoms with Crippen molar-refractivity contribution in [2.45, 2.75) is 27.3 Å². The predicted octanol–water partition coefficient (Wildman–Crippen LogP) is 4.65. The van der Waals surface area contributed by atoms with E-state index in [0.29, 0.717) is 22.6 Å². The van der Waals surface area contributed by atoms with Crippen LogP contribution < -0.4 is 10.9 Å². The van der Waals surface area contributed by atoms with Gasteiger partial charge in [-0.05, 0) is 44.5 Å². The fourth-order valence-electron chi connectivity index (χ4n) is 4.01. The minimum absolute atomic E-state index is 0.103. The van der Waals surface area contributed by atoms with Crippen molar-refractivity contribution in [1.29, 1.82) is 0 Å². The van der Waals surface area contributed by atoms with Gasteiger partial charge in [-0.1, -0.05) is 48.0 Å². The normalized spacial score (nSPS) is 11.3. The van der Waals surface area contributed by atoms with Gasteiger partial charge in [0.05, 0.1) is 18.5 Å². The Bertz CT molecular complexity index is 1320. The summed E-state index contributed by atoms with van der Waals surface area (Å²) < 4.78 is 0. The Hall–Kier alpha value is -3.29. The second-order valence-electron chi connectivity index (χ2n) is 8.20. The molecule has 0 unspecified atom stereocenters. The first-order valence-electron chi connectivity index (χ1n) is 10.4. The predicted molar refractivity (Wildman–Crippen MR) is 131 cm³/mol. The van der Waals surface area contributed by atoms with Gasteiger partial charge in [0.15, 0.2) is 0 Å². The van der Waals surface area contributed by atoms with E-state index in [9.17, 15) is 9.59 Å². The maximum atomic E-state index is 12.8. The number of carbonyl (C=O) groups is 1. The molecule has 0 radical (unpaired) electrons. The molecule has 0 fully saturated rings. The Labute approximate surface area is 190 Å². The number of H-pyrrole nitrogens is 1. The summed E-state index contributed by atoms with van der Waals surface area (Å²) in [6.45, 7) is 6.58. The molecule has 7 heteroatoms. The van der Waals surface area contributed by atoms with Gasteiger partial charge in [0.2, 0.25) is 5.91 Å². The highest BCUT2D eigenvalue weighted by molar-refractivity contribution is 7.17. The average Bonchev–Trinajstić information content (AvgIpc) is 3.16. The fourth-order valence-corrected chi connectivity index (χ4v) is 4.98. The van der Waals surface area contributed by atoms with Gasteiger partial charge in [-0.25, -0.2) is 4.98 Å². The molecule has 6 nitrogen and oxygen atoms in total. The molecule has 0 saturated heterocycles. The zero-order valence-electron chi connectivity index (χ0n) is 18.7. The van der Waals surface area contributed by atoms with Crippen molar-refractivity contribution in [2.75, 3.05) is 18.9 Å². The molecule has 4 rings (SSSR count). The highest BCUT2D eigenvalue weighted by Crippen LogP contribution is 2.30. The Morgan fingerprint density at radius 3 is 2.50 bits per heavy atom. The van der Waals surface area contributed by atoms with E-state index >= 15 is 0 Å². The molecule has 2 heterocycles. The molecule has 164 valence electrons. The number of anilines is 1. The number of aryl methyl sites for hydroxylation is 3. The van der Waals surface area contributed by atoms with Crippen LogP contribution in [0.3, 0.4) is 0 Å². The number of thiophene rings is 1. The van der Waals surface area contributed by atoms with Crippen molar-refractivity contribution in [3.8, 4) is 11.1 Å². The van der Waals surface area contributed by atoms with E-state index in [2.05, 4.69) is 27.4 Å². The van der Waals surface area contributed by atoms with Crippen LogP contribution in [0.2, 0.25) is 0 Å². The molecule has 2 aromatic carbocycles. The van der Waals surface area contributed by atoms with Crippen molar-refractivity contribution >= 4 is 33.1 Å². The molecule has 0 atom stereocenters. The Balaban J connectivity index is 1.48. The van der Waals surface area contributed by atoms with Gasteiger partial charge in [-0.2, -0.15) is 0 Å². The number of amides is 1. The minimum Gasteiger partial charge on any atom is -0.324 e. The van der Waals surface area contributed by atoms with Gasteiger partial charge in [-0.3, -0.25) is 14.5 Å². The third-order valence-electron chi connectivity index (χ3n) is 5.35. The summed E-state index contributed by atoms with van der Waals surface area (Å²) in [5, 5.41) is 5.59. The standard InChI is InChI=1S/C25H26N4O2S/c1-15-10-16(2)23(17(3)11-15)28-21(30)13-29(4)12-20-26-24(31)22-19(14-32-25(22)27-20)18-8-6-5-7-9-18/h5-11,14H,12-13H2,1-4H3,(H,28,30)(H,26,27,31). The van der Waals surface area contributed by atoms with Crippen LogP contribution in [-0.2, 0) is 11.3 Å². The molecule has 2 aromatic heterocycles. The molecule has 2 N–H and O–H groups in total. The van der Waals surface area contributed by atoms with E-state index in [4.69, 9.17) is 0 Å². The number of aromatic amines is 1. The zero-order chi connectivity index (χ0) is 22.8. The molecule has 0 saturated carbocycles. The monoisotopic (exact) mass is 446 g/mol. The van der Waals surface area contributed by atoms with Crippen LogP contribution in [0.5, 0.6) is 0 Å². The lowest BCUT2D eigenvalue weighted by Gasteiger charge is -2.17. The maximum Gasteiger partial charge on any atom is 0.260 e. The van der Waals surface area contributed by atoms with E-state index in [1.165, 1.54) is 16.9 Å². The lowest BCUT2D eigenvalue weighted by Crippen LogP contribution is -2.31. The van der Waals surface area contributed by atoms with Crippen LogP contribution in [0, 0.1) is 20.8 Å². The molecule has 0 aliphatic rings. The van der Waals surface area contributed by atoms with E-state index in [1.807, 2.05) is 68.4 Å². The number of nitrogens with one attached hydrogen (secondary N) is 2. The highest BCUT2D eigenvalue weighted by atomic mass is 32.1. The second-order valence-corrected chi connectivity index (χ2v) is 9.06. The summed E-state index contributed by atoms with van der Waals surface area (Å²) >= 11 is 1.46. The number of benzene rings is 2. The van der Waals surface area contributed by atoms with Gasteiger partial charge in [0.25, 0.3) is 5.56 Å². The van der Waals surface area contributed by atoms with Gasteiger partial charge in [0, 0.05) is 16.6 Å². The quantitative estimate of drug-likeness (QED) is 0.452. The Kier molecular flexibility index (Phi) is 6.21. The molecule has 4 aromatic rings. The fraction of sp³-hybridized carbons (Fsp3) is 0.240. The lowest BCUT2D eigenvalue weighted by molar-refractivity contribution is -0.117. The first-order chi connectivity index (χ1) is 15.3. The third kappa shape index (κ3) is 4.64. The summed E-state index contributed by atoms with van der Waals surface area (Å²) in [5.41, 5.74) is 5.84. The van der Waals surface area contributed by atoms with Crippen molar-refractivity contribution in [1.82, 2.24) is 14.9 Å². The van der Waals surface area contributed by atoms with Crippen LogP contribution in [0.1, 0.15) is 22.5 Å². The number of likely N-dealkylation sites (N-methyl/N-ethyl adjacent to an activating group) is 1. The molecule has 0 bridgehead atoms. The van der Waals surface area contributed by atoms with Crippen LogP contribution in [0.15, 0.2) is 52.6 Å². The summed E-state index contributed by atoms with van der Waals surface area (Å²) in [6, 6.07) is 13.9.